The van der Waals surface area contributed by atoms with Crippen molar-refractivity contribution in [3.63, 3.8) is 0 Å². The number of alkyl halides is 3. The standard InChI is InChI=1S/C16H15F3N2O3S/c1-10-5-6-13(9-14(10)25(20,23)24)21-15(22)8-11-3-2-4-12(7-11)16(17,18)19/h2-7,9H,8H2,1H3,(H,21,22)(H2,20,23,24). The summed E-state index contributed by atoms with van der Waals surface area (Å²) >= 11 is 0. The number of rotatable bonds is 4. The zero-order valence-corrected chi connectivity index (χ0v) is 13.9. The molecule has 25 heavy (non-hydrogen) atoms. The minimum Gasteiger partial charge on any atom is -0.326 e. The van der Waals surface area contributed by atoms with E-state index in [1.807, 2.05) is 0 Å². The molecule has 0 radical (unpaired) electrons. The normalized spacial score (nSPS) is 12.0. The van der Waals surface area contributed by atoms with Crippen LogP contribution in [-0.2, 0) is 27.4 Å². The molecule has 0 saturated heterocycles. The quantitative estimate of drug-likeness (QED) is 0.865. The average molecular weight is 372 g/mol. The van der Waals surface area contributed by atoms with E-state index in [2.05, 4.69) is 5.32 Å². The van der Waals surface area contributed by atoms with Gasteiger partial charge in [0.25, 0.3) is 0 Å². The van der Waals surface area contributed by atoms with Crippen molar-refractivity contribution in [3.8, 4) is 0 Å². The van der Waals surface area contributed by atoms with E-state index in [9.17, 15) is 26.4 Å². The number of aryl methyl sites for hydroxylation is 1. The summed E-state index contributed by atoms with van der Waals surface area (Å²) in [5.74, 6) is -0.580. The van der Waals surface area contributed by atoms with Crippen LogP contribution in [0.1, 0.15) is 16.7 Å². The highest BCUT2D eigenvalue weighted by molar-refractivity contribution is 7.89. The number of carbonyl (C=O) groups excluding carboxylic acids is 1. The summed E-state index contributed by atoms with van der Waals surface area (Å²) in [7, 11) is -3.95. The minimum absolute atomic E-state index is 0.135. The number of nitrogens with one attached hydrogen (secondary N) is 1. The highest BCUT2D eigenvalue weighted by atomic mass is 32.2. The summed E-state index contributed by atoms with van der Waals surface area (Å²) in [6, 6.07) is 8.59. The molecule has 2 rings (SSSR count). The number of benzene rings is 2. The van der Waals surface area contributed by atoms with Crippen LogP contribution < -0.4 is 10.5 Å². The Balaban J connectivity index is 2.16. The summed E-state index contributed by atoms with van der Waals surface area (Å²) in [6.45, 7) is 1.55. The van der Waals surface area contributed by atoms with Gasteiger partial charge in [0.05, 0.1) is 16.9 Å². The Hall–Kier alpha value is -2.39. The molecule has 0 aliphatic carbocycles. The van der Waals surface area contributed by atoms with Crippen molar-refractivity contribution >= 4 is 21.6 Å². The van der Waals surface area contributed by atoms with Gasteiger partial charge in [-0.15, -0.1) is 0 Å². The molecule has 5 nitrogen and oxygen atoms in total. The summed E-state index contributed by atoms with van der Waals surface area (Å²) < 4.78 is 61.0. The number of carbonyl (C=O) groups is 1. The van der Waals surface area contributed by atoms with Gasteiger partial charge in [-0.25, -0.2) is 13.6 Å². The summed E-state index contributed by atoms with van der Waals surface area (Å²) in [4.78, 5) is 11.9. The van der Waals surface area contributed by atoms with E-state index >= 15 is 0 Å². The van der Waals surface area contributed by atoms with E-state index in [1.165, 1.54) is 30.3 Å². The Bertz CT molecular complexity index is 909. The Morgan fingerprint density at radius 1 is 1.16 bits per heavy atom. The van der Waals surface area contributed by atoms with Crippen LogP contribution in [0, 0.1) is 6.92 Å². The Kier molecular flexibility index (Phi) is 5.19. The number of halogens is 3. The Morgan fingerprint density at radius 2 is 1.84 bits per heavy atom. The lowest BCUT2D eigenvalue weighted by Crippen LogP contribution is -2.17. The van der Waals surface area contributed by atoms with Crippen molar-refractivity contribution in [3.05, 3.63) is 59.2 Å². The Morgan fingerprint density at radius 3 is 2.44 bits per heavy atom. The third kappa shape index (κ3) is 5.04. The molecule has 0 unspecified atom stereocenters. The topological polar surface area (TPSA) is 89.3 Å². The highest BCUT2D eigenvalue weighted by Gasteiger charge is 2.30. The van der Waals surface area contributed by atoms with Crippen LogP contribution in [0.2, 0.25) is 0 Å². The highest BCUT2D eigenvalue weighted by Crippen LogP contribution is 2.29. The number of sulfonamides is 1. The molecule has 0 aromatic heterocycles. The molecule has 134 valence electrons. The van der Waals surface area contributed by atoms with E-state index in [0.717, 1.165) is 12.1 Å². The van der Waals surface area contributed by atoms with E-state index in [1.54, 1.807) is 6.92 Å². The fraction of sp³-hybridized carbons (Fsp3) is 0.188. The van der Waals surface area contributed by atoms with Crippen molar-refractivity contribution in [2.24, 2.45) is 5.14 Å². The van der Waals surface area contributed by atoms with Crippen LogP contribution in [0.25, 0.3) is 0 Å². The fourth-order valence-corrected chi connectivity index (χ4v) is 3.04. The predicted octanol–water partition coefficient (Wildman–Crippen LogP) is 2.84. The Labute approximate surface area is 142 Å². The number of hydrogen-bond acceptors (Lipinski definition) is 3. The monoisotopic (exact) mass is 372 g/mol. The molecular formula is C16H15F3N2O3S. The molecule has 0 fully saturated rings. The SMILES string of the molecule is Cc1ccc(NC(=O)Cc2cccc(C(F)(F)F)c2)cc1S(N)(=O)=O. The van der Waals surface area contributed by atoms with E-state index < -0.39 is 27.7 Å². The molecule has 0 atom stereocenters. The molecule has 9 heteroatoms. The molecular weight excluding hydrogens is 357 g/mol. The first-order valence-electron chi connectivity index (χ1n) is 7.06. The number of amides is 1. The van der Waals surface area contributed by atoms with Crippen LogP contribution in [-0.4, -0.2) is 14.3 Å². The molecule has 0 bridgehead atoms. The molecule has 0 aliphatic rings. The number of anilines is 1. The first-order valence-corrected chi connectivity index (χ1v) is 8.61. The second-order valence-corrected chi connectivity index (χ2v) is 6.98. The fourth-order valence-electron chi connectivity index (χ4n) is 2.23. The maximum atomic E-state index is 12.7. The lowest BCUT2D eigenvalue weighted by atomic mass is 10.1. The third-order valence-corrected chi connectivity index (χ3v) is 4.45. The van der Waals surface area contributed by atoms with Crippen LogP contribution in [0.4, 0.5) is 18.9 Å². The maximum absolute atomic E-state index is 12.7. The molecule has 2 aromatic carbocycles. The zero-order chi connectivity index (χ0) is 18.8. The number of hydrogen-bond donors (Lipinski definition) is 2. The molecule has 2 aromatic rings. The van der Waals surface area contributed by atoms with Gasteiger partial charge in [0, 0.05) is 5.69 Å². The van der Waals surface area contributed by atoms with Crippen LogP contribution >= 0.6 is 0 Å². The van der Waals surface area contributed by atoms with Crippen molar-refractivity contribution in [1.82, 2.24) is 0 Å². The van der Waals surface area contributed by atoms with Crippen molar-refractivity contribution in [2.45, 2.75) is 24.4 Å². The second kappa shape index (κ2) is 6.85. The van der Waals surface area contributed by atoms with Gasteiger partial charge >= 0.3 is 6.18 Å². The summed E-state index contributed by atoms with van der Waals surface area (Å²) in [6.07, 6.45) is -4.78. The van der Waals surface area contributed by atoms with Crippen LogP contribution in [0.5, 0.6) is 0 Å². The van der Waals surface area contributed by atoms with Crippen molar-refractivity contribution < 1.29 is 26.4 Å². The molecule has 1 amide bonds. The summed E-state index contributed by atoms with van der Waals surface area (Å²) in [5.41, 5.74) is -0.0549. The third-order valence-electron chi connectivity index (χ3n) is 3.40. The molecule has 3 N–H and O–H groups in total. The van der Waals surface area contributed by atoms with Crippen molar-refractivity contribution in [2.75, 3.05) is 5.32 Å². The van der Waals surface area contributed by atoms with E-state index in [-0.39, 0.29) is 22.6 Å². The van der Waals surface area contributed by atoms with Gasteiger partial charge in [0.2, 0.25) is 15.9 Å². The minimum atomic E-state index is -4.49. The van der Waals surface area contributed by atoms with Gasteiger partial charge in [-0.3, -0.25) is 4.79 Å². The maximum Gasteiger partial charge on any atom is 0.416 e. The van der Waals surface area contributed by atoms with Gasteiger partial charge in [0.1, 0.15) is 0 Å². The van der Waals surface area contributed by atoms with Gasteiger partial charge in [-0.05, 0) is 36.2 Å². The lowest BCUT2D eigenvalue weighted by molar-refractivity contribution is -0.137. The van der Waals surface area contributed by atoms with Gasteiger partial charge < -0.3 is 5.32 Å². The largest absolute Gasteiger partial charge is 0.416 e. The molecule has 0 heterocycles. The second-order valence-electron chi connectivity index (χ2n) is 5.45. The first kappa shape index (κ1) is 18.9. The average Bonchev–Trinajstić information content (AvgIpc) is 2.47. The van der Waals surface area contributed by atoms with Gasteiger partial charge in [-0.2, -0.15) is 13.2 Å². The van der Waals surface area contributed by atoms with Gasteiger partial charge in [-0.1, -0.05) is 24.3 Å². The number of primary sulfonamides is 1. The van der Waals surface area contributed by atoms with E-state index in [0.29, 0.717) is 5.56 Å². The molecule has 0 spiro atoms. The number of nitrogens with two attached hydrogens (primary N) is 1. The lowest BCUT2D eigenvalue weighted by Gasteiger charge is -2.10. The van der Waals surface area contributed by atoms with Crippen LogP contribution in [0.15, 0.2) is 47.4 Å². The predicted molar refractivity (Wildman–Crippen MR) is 86.3 cm³/mol. The first-order chi connectivity index (χ1) is 11.5. The summed E-state index contributed by atoms with van der Waals surface area (Å²) in [5, 5.41) is 7.54. The smallest absolute Gasteiger partial charge is 0.326 e. The van der Waals surface area contributed by atoms with Crippen molar-refractivity contribution in [1.29, 1.82) is 0 Å². The van der Waals surface area contributed by atoms with Gasteiger partial charge in [0.15, 0.2) is 0 Å². The van der Waals surface area contributed by atoms with E-state index in [4.69, 9.17) is 5.14 Å². The zero-order valence-electron chi connectivity index (χ0n) is 13.1. The molecule has 0 aliphatic heterocycles. The molecule has 0 saturated carbocycles. The van der Waals surface area contributed by atoms with Crippen LogP contribution in [0.3, 0.4) is 0 Å².